The summed E-state index contributed by atoms with van der Waals surface area (Å²) in [7, 11) is 1.44. The van der Waals surface area contributed by atoms with Crippen LogP contribution in [0.4, 0.5) is 0 Å². The van der Waals surface area contributed by atoms with Crippen LogP contribution in [0.25, 0.3) is 11.0 Å². The molecule has 0 aliphatic carbocycles. The van der Waals surface area contributed by atoms with Gasteiger partial charge in [-0.2, -0.15) is 0 Å². The van der Waals surface area contributed by atoms with Gasteiger partial charge in [-0.25, -0.2) is 0 Å². The van der Waals surface area contributed by atoms with Crippen LogP contribution in [0.1, 0.15) is 55.8 Å². The highest BCUT2D eigenvalue weighted by Crippen LogP contribution is 2.31. The number of amides is 4. The highest BCUT2D eigenvalue weighted by atomic mass is 35.5. The molecular weight excluding hydrogens is 630 g/mol. The van der Waals surface area contributed by atoms with Crippen molar-refractivity contribution in [2.45, 2.75) is 68.8 Å². The maximum absolute atomic E-state index is 14.3. The Labute approximate surface area is 276 Å². The number of rotatable bonds is 12. The SMILES string of the molecule is COc1cccc2cc(C(=O)N[C@@H](CC(N)=O)C(=O)C(C(O)C(=O)N3CC(Cl)C[C@H]3C(=O)NC(C)(C)C)C(N)c3ccccc3)oc12. The summed E-state index contributed by atoms with van der Waals surface area (Å²) >= 11 is 6.38. The summed E-state index contributed by atoms with van der Waals surface area (Å²) < 4.78 is 11.0. The Hall–Kier alpha value is -4.46. The topological polar surface area (TPSA) is 207 Å². The fourth-order valence-corrected chi connectivity index (χ4v) is 5.98. The molecular formula is C33H40ClN5O8. The third kappa shape index (κ3) is 8.28. The van der Waals surface area contributed by atoms with Gasteiger partial charge in [0.15, 0.2) is 22.9 Å². The molecule has 0 radical (unpaired) electrons. The second-order valence-electron chi connectivity index (χ2n) is 12.6. The lowest BCUT2D eigenvalue weighted by Gasteiger charge is -2.34. The average molecular weight is 670 g/mol. The lowest BCUT2D eigenvalue weighted by molar-refractivity contribution is -0.152. The fraction of sp³-hybridized carbons (Fsp3) is 0.424. The normalized spacial score (nSPS) is 19.0. The monoisotopic (exact) mass is 669 g/mol. The van der Waals surface area contributed by atoms with E-state index < -0.39 is 76.9 Å². The molecule has 3 aromatic rings. The summed E-state index contributed by atoms with van der Waals surface area (Å²) in [6.45, 7) is 5.27. The lowest BCUT2D eigenvalue weighted by atomic mass is 9.81. The van der Waals surface area contributed by atoms with Crippen molar-refractivity contribution in [1.29, 1.82) is 0 Å². The molecule has 1 aliphatic rings. The van der Waals surface area contributed by atoms with Gasteiger partial charge in [-0.3, -0.25) is 24.0 Å². The Morgan fingerprint density at radius 3 is 2.40 bits per heavy atom. The van der Waals surface area contributed by atoms with Gasteiger partial charge in [-0.15, -0.1) is 11.6 Å². The van der Waals surface area contributed by atoms with Crippen LogP contribution in [0.2, 0.25) is 0 Å². The molecule has 1 fully saturated rings. The molecule has 1 aliphatic heterocycles. The number of para-hydroxylation sites is 1. The molecule has 1 saturated heterocycles. The molecule has 7 N–H and O–H groups in total. The summed E-state index contributed by atoms with van der Waals surface area (Å²) in [5.41, 5.74) is 12.1. The second kappa shape index (κ2) is 14.5. The molecule has 1 aromatic heterocycles. The van der Waals surface area contributed by atoms with E-state index in [2.05, 4.69) is 10.6 Å². The number of nitrogens with two attached hydrogens (primary N) is 2. The number of hydrogen-bond donors (Lipinski definition) is 5. The van der Waals surface area contributed by atoms with E-state index in [0.29, 0.717) is 16.7 Å². The Kier molecular flexibility index (Phi) is 10.9. The number of ether oxygens (including phenoxy) is 1. The van der Waals surface area contributed by atoms with E-state index in [4.69, 9.17) is 32.2 Å². The van der Waals surface area contributed by atoms with Crippen molar-refractivity contribution in [1.82, 2.24) is 15.5 Å². The number of carbonyl (C=O) groups is 5. The van der Waals surface area contributed by atoms with E-state index in [1.54, 1.807) is 69.3 Å². The standard InChI is InChI=1S/C33H40ClN5O8/c1-33(2,3)38-30(43)21-14-19(34)16-39(21)32(45)28(42)25(26(36)17-9-6-5-7-10-17)27(41)20(15-24(35)40)37-31(44)23-13-18-11-8-12-22(46-4)29(18)47-23/h5-13,19-21,25-26,28,42H,14-16,36H2,1-4H3,(H2,35,40)(H,37,44)(H,38,43)/t19?,20-,21-,25?,26?,28?/m0/s1. The third-order valence-corrected chi connectivity index (χ3v) is 8.15. The largest absolute Gasteiger partial charge is 0.493 e. The average Bonchev–Trinajstić information content (AvgIpc) is 3.63. The van der Waals surface area contributed by atoms with E-state index in [1.165, 1.54) is 13.2 Å². The number of halogens is 1. The van der Waals surface area contributed by atoms with E-state index >= 15 is 0 Å². The van der Waals surface area contributed by atoms with Gasteiger partial charge >= 0.3 is 0 Å². The molecule has 252 valence electrons. The highest BCUT2D eigenvalue weighted by Gasteiger charge is 2.47. The number of carbonyl (C=O) groups excluding carboxylic acids is 5. The number of primary amides is 1. The van der Waals surface area contributed by atoms with Crippen molar-refractivity contribution >= 4 is 52.0 Å². The summed E-state index contributed by atoms with van der Waals surface area (Å²) in [6.07, 6.45) is -2.64. The number of Topliss-reactive ketones (excluding diaryl/α,β-unsaturated/α-hetero) is 1. The van der Waals surface area contributed by atoms with Gasteiger partial charge in [0.05, 0.1) is 30.9 Å². The van der Waals surface area contributed by atoms with Gasteiger partial charge < -0.3 is 41.3 Å². The number of fused-ring (bicyclic) bond motifs is 1. The van der Waals surface area contributed by atoms with E-state index in [0.717, 1.165) is 4.90 Å². The minimum Gasteiger partial charge on any atom is -0.493 e. The predicted molar refractivity (Wildman–Crippen MR) is 173 cm³/mol. The number of ketones is 1. The van der Waals surface area contributed by atoms with Crippen LogP contribution in [0.15, 0.2) is 59.0 Å². The van der Waals surface area contributed by atoms with Crippen molar-refractivity contribution < 1.29 is 38.2 Å². The number of likely N-dealkylation sites (tertiary alicyclic amines) is 1. The van der Waals surface area contributed by atoms with E-state index in [9.17, 15) is 29.1 Å². The van der Waals surface area contributed by atoms with E-state index in [-0.39, 0.29) is 24.3 Å². The molecule has 47 heavy (non-hydrogen) atoms. The number of nitrogens with one attached hydrogen (secondary N) is 2. The van der Waals surface area contributed by atoms with Gasteiger partial charge in [-0.1, -0.05) is 42.5 Å². The molecule has 0 saturated carbocycles. The number of benzene rings is 2. The van der Waals surface area contributed by atoms with Crippen molar-refractivity contribution in [2.24, 2.45) is 17.4 Å². The number of hydrogen-bond acceptors (Lipinski definition) is 9. The van der Waals surface area contributed by atoms with Gasteiger partial charge in [0, 0.05) is 23.5 Å². The zero-order chi connectivity index (χ0) is 34.6. The lowest BCUT2D eigenvalue weighted by Crippen LogP contribution is -2.57. The third-order valence-electron chi connectivity index (χ3n) is 7.83. The first-order valence-corrected chi connectivity index (χ1v) is 15.5. The van der Waals surface area contributed by atoms with Gasteiger partial charge in [0.1, 0.15) is 12.1 Å². The molecule has 2 heterocycles. The number of furan rings is 1. The van der Waals surface area contributed by atoms with Crippen LogP contribution < -0.4 is 26.8 Å². The molecule has 6 atom stereocenters. The summed E-state index contributed by atoms with van der Waals surface area (Å²) in [5, 5.41) is 16.9. The smallest absolute Gasteiger partial charge is 0.287 e. The molecule has 4 unspecified atom stereocenters. The summed E-state index contributed by atoms with van der Waals surface area (Å²) in [4.78, 5) is 68.0. The van der Waals surface area contributed by atoms with Crippen LogP contribution in [-0.4, -0.2) is 82.2 Å². The molecule has 13 nitrogen and oxygen atoms in total. The van der Waals surface area contributed by atoms with Crippen molar-refractivity contribution in [3.05, 3.63) is 65.9 Å². The molecule has 2 aromatic carbocycles. The zero-order valence-electron chi connectivity index (χ0n) is 26.6. The fourth-order valence-electron chi connectivity index (χ4n) is 5.66. The Morgan fingerprint density at radius 2 is 1.79 bits per heavy atom. The first-order valence-electron chi connectivity index (χ1n) is 15.1. The highest BCUT2D eigenvalue weighted by molar-refractivity contribution is 6.21. The van der Waals surface area contributed by atoms with Gasteiger partial charge in [0.2, 0.25) is 11.8 Å². The summed E-state index contributed by atoms with van der Waals surface area (Å²) in [6, 6.07) is 10.8. The Balaban J connectivity index is 1.68. The number of nitrogens with zero attached hydrogens (tertiary/aromatic N) is 1. The molecule has 0 bridgehead atoms. The number of aliphatic hydroxyl groups excluding tert-OH is 1. The second-order valence-corrected chi connectivity index (χ2v) is 13.2. The molecule has 14 heteroatoms. The minimum absolute atomic E-state index is 0.0713. The zero-order valence-corrected chi connectivity index (χ0v) is 27.3. The van der Waals surface area contributed by atoms with Gasteiger partial charge in [0.25, 0.3) is 11.8 Å². The molecule has 4 rings (SSSR count). The van der Waals surface area contributed by atoms with Crippen molar-refractivity contribution in [3.63, 3.8) is 0 Å². The first kappa shape index (κ1) is 35.4. The summed E-state index contributed by atoms with van der Waals surface area (Å²) in [5.74, 6) is -5.67. The van der Waals surface area contributed by atoms with Crippen molar-refractivity contribution in [2.75, 3.05) is 13.7 Å². The van der Waals surface area contributed by atoms with Crippen LogP contribution in [0, 0.1) is 5.92 Å². The van der Waals surface area contributed by atoms with Crippen LogP contribution in [-0.2, 0) is 19.2 Å². The van der Waals surface area contributed by atoms with Crippen LogP contribution in [0.3, 0.4) is 0 Å². The van der Waals surface area contributed by atoms with Crippen molar-refractivity contribution in [3.8, 4) is 5.75 Å². The van der Waals surface area contributed by atoms with E-state index in [1.807, 2.05) is 0 Å². The maximum atomic E-state index is 14.3. The Morgan fingerprint density at radius 1 is 1.11 bits per heavy atom. The molecule has 0 spiro atoms. The number of methoxy groups -OCH3 is 1. The quantitative estimate of drug-likeness (QED) is 0.178. The van der Waals surface area contributed by atoms with Crippen LogP contribution >= 0.6 is 11.6 Å². The minimum atomic E-state index is -2.09. The number of alkyl halides is 1. The molecule has 4 amide bonds. The maximum Gasteiger partial charge on any atom is 0.287 e. The van der Waals surface area contributed by atoms with Crippen LogP contribution in [0.5, 0.6) is 5.75 Å². The van der Waals surface area contributed by atoms with Gasteiger partial charge in [-0.05, 0) is 44.9 Å². The number of aliphatic hydroxyl groups is 1. The predicted octanol–water partition coefficient (Wildman–Crippen LogP) is 1.78. The Bertz CT molecular complexity index is 1640. The first-order chi connectivity index (χ1) is 22.1.